The number of aliphatic hydroxyl groups is 1. The Hall–Kier alpha value is -4.19. The number of nitrogens with one attached hydrogen (secondary N) is 1. The molecule has 3 aromatic heterocycles. The van der Waals surface area contributed by atoms with E-state index in [1.54, 1.807) is 6.07 Å². The van der Waals surface area contributed by atoms with Crippen LogP contribution in [0.1, 0.15) is 35.7 Å². The van der Waals surface area contributed by atoms with Crippen LogP contribution in [0, 0.1) is 0 Å². The molecule has 0 aromatic carbocycles. The van der Waals surface area contributed by atoms with Crippen molar-refractivity contribution < 1.29 is 45.8 Å². The summed E-state index contributed by atoms with van der Waals surface area (Å²) < 4.78 is 88.4. The fraction of sp³-hybridized carbons (Fsp3) is 0.519. The Labute approximate surface area is 252 Å². The first-order valence-corrected chi connectivity index (χ1v) is 13.8. The van der Waals surface area contributed by atoms with Crippen LogP contribution < -0.4 is 15.8 Å². The van der Waals surface area contributed by atoms with Crippen LogP contribution in [0.15, 0.2) is 24.7 Å². The number of likely N-dealkylation sites (tertiary alicyclic amines) is 2. The molecule has 0 saturated carbocycles. The predicted molar refractivity (Wildman–Crippen MR) is 146 cm³/mol. The number of fused-ring (bicyclic) bond motifs is 1. The van der Waals surface area contributed by atoms with E-state index >= 15 is 0 Å². The Morgan fingerprint density at radius 1 is 1.18 bits per heavy atom. The molecule has 0 spiro atoms. The highest BCUT2D eigenvalue weighted by Crippen LogP contribution is 2.35. The van der Waals surface area contributed by atoms with E-state index < -0.39 is 54.8 Å². The third-order valence-corrected chi connectivity index (χ3v) is 8.05. The van der Waals surface area contributed by atoms with Gasteiger partial charge < -0.3 is 25.8 Å². The molecular formula is C27H30F6N8O4. The monoisotopic (exact) mass is 644 g/mol. The highest BCUT2D eigenvalue weighted by molar-refractivity contribution is 5.98. The minimum absolute atomic E-state index is 0.131. The number of rotatable bonds is 7. The molecule has 244 valence electrons. The lowest BCUT2D eigenvalue weighted by atomic mass is 10.1. The van der Waals surface area contributed by atoms with Gasteiger partial charge in [-0.2, -0.15) is 18.3 Å². The van der Waals surface area contributed by atoms with Gasteiger partial charge in [-0.1, -0.05) is 0 Å². The van der Waals surface area contributed by atoms with Gasteiger partial charge in [-0.05, 0) is 24.6 Å². The zero-order valence-electron chi connectivity index (χ0n) is 24.1. The van der Waals surface area contributed by atoms with E-state index in [-0.39, 0.29) is 56.7 Å². The second-order valence-electron chi connectivity index (χ2n) is 11.2. The number of anilines is 1. The van der Waals surface area contributed by atoms with Crippen molar-refractivity contribution in [2.24, 2.45) is 0 Å². The minimum Gasteiger partial charge on any atom is -0.480 e. The first-order valence-electron chi connectivity index (χ1n) is 13.8. The Bertz CT molecular complexity index is 1600. The molecule has 45 heavy (non-hydrogen) atoms. The number of nitrogen functional groups attached to an aromatic ring is 1. The van der Waals surface area contributed by atoms with Gasteiger partial charge in [0, 0.05) is 50.8 Å². The van der Waals surface area contributed by atoms with Gasteiger partial charge in [0.05, 0.1) is 25.4 Å². The van der Waals surface area contributed by atoms with Crippen LogP contribution in [-0.4, -0.2) is 110 Å². The van der Waals surface area contributed by atoms with E-state index in [1.807, 2.05) is 4.90 Å². The fourth-order valence-electron chi connectivity index (χ4n) is 5.41. The van der Waals surface area contributed by atoms with Crippen LogP contribution in [-0.2, 0) is 11.3 Å². The molecule has 2 fully saturated rings. The van der Waals surface area contributed by atoms with Crippen LogP contribution in [0.2, 0.25) is 0 Å². The lowest BCUT2D eigenvalue weighted by Gasteiger charge is -2.31. The Balaban J connectivity index is 1.41. The van der Waals surface area contributed by atoms with Crippen molar-refractivity contribution in [1.82, 2.24) is 34.7 Å². The summed E-state index contributed by atoms with van der Waals surface area (Å²) in [6, 6.07) is 1.69. The average Bonchev–Trinajstić information content (AvgIpc) is 3.53. The van der Waals surface area contributed by atoms with E-state index in [4.69, 9.17) is 10.5 Å². The first kappa shape index (κ1) is 32.2. The molecule has 2 saturated heterocycles. The van der Waals surface area contributed by atoms with Crippen molar-refractivity contribution >= 4 is 23.1 Å². The molecule has 0 radical (unpaired) electrons. The van der Waals surface area contributed by atoms with Crippen LogP contribution >= 0.6 is 0 Å². The molecule has 2 aliphatic heterocycles. The lowest BCUT2D eigenvalue weighted by molar-refractivity contribution is -0.249. The molecule has 18 heteroatoms. The number of nitrogens with two attached hydrogens (primary N) is 1. The molecule has 1 unspecified atom stereocenters. The van der Waals surface area contributed by atoms with Gasteiger partial charge in [0.1, 0.15) is 23.6 Å². The van der Waals surface area contributed by atoms with Crippen molar-refractivity contribution in [3.8, 4) is 17.1 Å². The first-order chi connectivity index (χ1) is 21.0. The highest BCUT2D eigenvalue weighted by Gasteiger charge is 2.58. The molecule has 2 amide bonds. The third kappa shape index (κ3) is 6.20. The number of pyridine rings is 1. The number of alkyl halides is 6. The SMILES string of the molecule is COc1ncc(-c2cc(CN3CCC(F)(F)CC3)c3c(N)ncnn23)cc1C(=O)N[C@@H]1CN(C(=O)C(C)(O)C(F)(F)F)C[C@@H]1F. The summed E-state index contributed by atoms with van der Waals surface area (Å²) in [6.07, 6.45) is -5.20. The smallest absolute Gasteiger partial charge is 0.426 e. The fourth-order valence-corrected chi connectivity index (χ4v) is 5.41. The van der Waals surface area contributed by atoms with E-state index in [1.165, 1.54) is 30.2 Å². The van der Waals surface area contributed by atoms with Crippen molar-refractivity contribution in [2.75, 3.05) is 39.0 Å². The second-order valence-corrected chi connectivity index (χ2v) is 11.2. The van der Waals surface area contributed by atoms with Crippen molar-refractivity contribution in [3.63, 3.8) is 0 Å². The summed E-state index contributed by atoms with van der Waals surface area (Å²) in [5.74, 6) is -5.38. The molecule has 5 rings (SSSR count). The number of amides is 2. The summed E-state index contributed by atoms with van der Waals surface area (Å²) in [6.45, 7) is -0.538. The zero-order chi connectivity index (χ0) is 32.9. The molecule has 0 aliphatic carbocycles. The van der Waals surface area contributed by atoms with Crippen LogP contribution in [0.25, 0.3) is 16.8 Å². The maximum Gasteiger partial charge on any atom is 0.426 e. The molecule has 2 aliphatic rings. The van der Waals surface area contributed by atoms with Crippen LogP contribution in [0.4, 0.5) is 32.2 Å². The lowest BCUT2D eigenvalue weighted by Crippen LogP contribution is -2.56. The van der Waals surface area contributed by atoms with Crippen LogP contribution in [0.3, 0.4) is 0 Å². The minimum atomic E-state index is -5.29. The number of halogens is 6. The molecule has 3 atom stereocenters. The third-order valence-electron chi connectivity index (χ3n) is 8.05. The summed E-state index contributed by atoms with van der Waals surface area (Å²) >= 11 is 0. The maximum atomic E-state index is 14.8. The maximum absolute atomic E-state index is 14.8. The largest absolute Gasteiger partial charge is 0.480 e. The molecule has 5 heterocycles. The Morgan fingerprint density at radius 2 is 1.87 bits per heavy atom. The van der Waals surface area contributed by atoms with Gasteiger partial charge >= 0.3 is 6.18 Å². The van der Waals surface area contributed by atoms with Crippen molar-refractivity contribution in [2.45, 2.75) is 56.2 Å². The van der Waals surface area contributed by atoms with E-state index in [0.29, 0.717) is 27.2 Å². The number of methoxy groups -OCH3 is 1. The van der Waals surface area contributed by atoms with Gasteiger partial charge in [0.2, 0.25) is 11.5 Å². The number of piperidine rings is 1. The molecule has 3 aromatic rings. The summed E-state index contributed by atoms with van der Waals surface area (Å²) in [4.78, 5) is 36.2. The second kappa shape index (κ2) is 11.6. The van der Waals surface area contributed by atoms with Gasteiger partial charge in [-0.3, -0.25) is 14.5 Å². The predicted octanol–water partition coefficient (Wildman–Crippen LogP) is 2.21. The van der Waals surface area contributed by atoms with Gasteiger partial charge in [-0.15, -0.1) is 0 Å². The average molecular weight is 645 g/mol. The number of hydrogen-bond donors (Lipinski definition) is 3. The van der Waals surface area contributed by atoms with E-state index in [0.717, 1.165) is 0 Å². The van der Waals surface area contributed by atoms with E-state index in [2.05, 4.69) is 20.4 Å². The standard InChI is InChI=1S/C27H30F6N8O4/c1-25(44,27(31,32)33)24(43)40-11-17(28)18(12-40)38-22(42)16-7-14(9-35-23(16)45-2)19-8-15(20-21(34)36-13-37-41(19)20)10-39-5-3-26(29,30)4-6-39/h7-9,13,17-18,44H,3-6,10-12H2,1-2H3,(H,38,42)(H2,34,36,37)/t17-,18+,25?/m0/s1. The summed E-state index contributed by atoms with van der Waals surface area (Å²) in [5, 5.41) is 16.4. The normalized spacial score (nSPS) is 21.9. The number of nitrogens with zero attached hydrogens (tertiary/aromatic N) is 6. The quantitative estimate of drug-likeness (QED) is 0.329. The highest BCUT2D eigenvalue weighted by atomic mass is 19.4. The van der Waals surface area contributed by atoms with Gasteiger partial charge in [0.25, 0.3) is 17.7 Å². The van der Waals surface area contributed by atoms with Crippen molar-refractivity contribution in [1.29, 1.82) is 0 Å². The summed E-state index contributed by atoms with van der Waals surface area (Å²) in [5.41, 5.74) is 4.08. The molecular weight excluding hydrogens is 614 g/mol. The molecule has 12 nitrogen and oxygen atoms in total. The molecule has 0 bridgehead atoms. The number of hydrogen-bond acceptors (Lipinski definition) is 9. The van der Waals surface area contributed by atoms with Gasteiger partial charge in [-0.25, -0.2) is 27.7 Å². The topological polar surface area (TPSA) is 151 Å². The number of carbonyl (C=O) groups excluding carboxylic acids is 2. The van der Waals surface area contributed by atoms with Crippen molar-refractivity contribution in [3.05, 3.63) is 35.8 Å². The Morgan fingerprint density at radius 3 is 2.51 bits per heavy atom. The van der Waals surface area contributed by atoms with Crippen LogP contribution in [0.5, 0.6) is 5.88 Å². The Kier molecular flexibility index (Phi) is 8.32. The molecule has 4 N–H and O–H groups in total. The van der Waals surface area contributed by atoms with Gasteiger partial charge in [0.15, 0.2) is 5.82 Å². The van der Waals surface area contributed by atoms with E-state index in [9.17, 15) is 41.0 Å². The number of carbonyl (C=O) groups is 2. The number of ether oxygens (including phenoxy) is 1. The number of aromatic nitrogens is 4. The summed E-state index contributed by atoms with van der Waals surface area (Å²) in [7, 11) is 1.24. The zero-order valence-corrected chi connectivity index (χ0v) is 24.1.